The Morgan fingerprint density at radius 2 is 1.87 bits per heavy atom. The molecule has 0 aliphatic rings. The molecular formula is C17H17N3O3. The lowest BCUT2D eigenvalue weighted by Crippen LogP contribution is -2.25. The maximum Gasteiger partial charge on any atom is 0.274 e. The minimum atomic E-state index is -0.406. The van der Waals surface area contributed by atoms with Crippen LogP contribution in [0.25, 0.3) is 0 Å². The predicted molar refractivity (Wildman–Crippen MR) is 87.7 cm³/mol. The highest BCUT2D eigenvalue weighted by molar-refractivity contribution is 6.03. The smallest absolute Gasteiger partial charge is 0.274 e. The van der Waals surface area contributed by atoms with Crippen LogP contribution in [0, 0.1) is 0 Å². The second-order valence-electron chi connectivity index (χ2n) is 4.59. The van der Waals surface area contributed by atoms with Crippen molar-refractivity contribution in [2.24, 2.45) is 0 Å². The van der Waals surface area contributed by atoms with Gasteiger partial charge in [-0.25, -0.2) is 4.98 Å². The molecule has 1 aromatic carbocycles. The summed E-state index contributed by atoms with van der Waals surface area (Å²) in [7, 11) is 1.55. The fourth-order valence-electron chi connectivity index (χ4n) is 1.84. The molecule has 0 radical (unpaired) electrons. The summed E-state index contributed by atoms with van der Waals surface area (Å²) >= 11 is 0. The van der Waals surface area contributed by atoms with Crippen molar-refractivity contribution in [3.63, 3.8) is 0 Å². The lowest BCUT2D eigenvalue weighted by molar-refractivity contribution is 0.0953. The van der Waals surface area contributed by atoms with Crippen LogP contribution in [0.2, 0.25) is 0 Å². The molecule has 2 aromatic rings. The quantitative estimate of drug-likeness (QED) is 0.802. The standard InChI is InChI=1S/C17H17N3O3/c1-3-10-18-16(21)14-8-5-9-15(20-14)17(22)19-12-6-4-7-13(11-12)23-2/h3-9,11H,1,10H2,2H3,(H,18,21)(H,19,22). The van der Waals surface area contributed by atoms with Gasteiger partial charge in [-0.15, -0.1) is 6.58 Å². The number of carbonyl (C=O) groups excluding carboxylic acids is 2. The predicted octanol–water partition coefficient (Wildman–Crippen LogP) is 2.26. The number of methoxy groups -OCH3 is 1. The zero-order valence-electron chi connectivity index (χ0n) is 12.7. The maximum atomic E-state index is 12.2. The van der Waals surface area contributed by atoms with E-state index in [1.165, 1.54) is 0 Å². The fourth-order valence-corrected chi connectivity index (χ4v) is 1.84. The lowest BCUT2D eigenvalue weighted by atomic mass is 10.2. The molecule has 0 atom stereocenters. The number of amides is 2. The number of pyridine rings is 1. The van der Waals surface area contributed by atoms with E-state index in [1.807, 2.05) is 0 Å². The van der Waals surface area contributed by atoms with Crippen LogP contribution in [0.4, 0.5) is 5.69 Å². The van der Waals surface area contributed by atoms with Gasteiger partial charge in [0, 0.05) is 18.3 Å². The van der Waals surface area contributed by atoms with Gasteiger partial charge in [0.15, 0.2) is 0 Å². The monoisotopic (exact) mass is 311 g/mol. The van der Waals surface area contributed by atoms with Crippen molar-refractivity contribution in [1.29, 1.82) is 0 Å². The van der Waals surface area contributed by atoms with Crippen LogP contribution in [0.15, 0.2) is 55.1 Å². The molecule has 2 N–H and O–H groups in total. The Kier molecular flexibility index (Phi) is 5.46. The van der Waals surface area contributed by atoms with Crippen molar-refractivity contribution < 1.29 is 14.3 Å². The van der Waals surface area contributed by atoms with E-state index in [4.69, 9.17) is 4.74 Å². The highest BCUT2D eigenvalue weighted by Gasteiger charge is 2.12. The van der Waals surface area contributed by atoms with Gasteiger partial charge in [0.25, 0.3) is 11.8 Å². The third-order valence-electron chi connectivity index (χ3n) is 2.95. The molecule has 0 bridgehead atoms. The van der Waals surface area contributed by atoms with Gasteiger partial charge in [-0.3, -0.25) is 9.59 Å². The largest absolute Gasteiger partial charge is 0.497 e. The zero-order valence-corrected chi connectivity index (χ0v) is 12.7. The normalized spacial score (nSPS) is 9.78. The Labute approximate surface area is 134 Å². The summed E-state index contributed by atoms with van der Waals surface area (Å²) in [6.07, 6.45) is 1.57. The number of carbonyl (C=O) groups is 2. The van der Waals surface area contributed by atoms with Crippen molar-refractivity contribution in [2.45, 2.75) is 0 Å². The number of ether oxygens (including phenoxy) is 1. The number of nitrogens with zero attached hydrogens (tertiary/aromatic N) is 1. The topological polar surface area (TPSA) is 80.3 Å². The molecule has 0 aliphatic heterocycles. The number of hydrogen-bond acceptors (Lipinski definition) is 4. The first-order chi connectivity index (χ1) is 11.1. The average molecular weight is 311 g/mol. The first-order valence-corrected chi connectivity index (χ1v) is 6.95. The number of nitrogens with one attached hydrogen (secondary N) is 2. The number of aromatic nitrogens is 1. The van der Waals surface area contributed by atoms with Gasteiger partial charge < -0.3 is 15.4 Å². The van der Waals surface area contributed by atoms with Crippen LogP contribution < -0.4 is 15.4 Å². The van der Waals surface area contributed by atoms with Crippen LogP contribution in [0.3, 0.4) is 0 Å². The van der Waals surface area contributed by atoms with Gasteiger partial charge in [0.2, 0.25) is 0 Å². The maximum absolute atomic E-state index is 12.2. The van der Waals surface area contributed by atoms with Crippen molar-refractivity contribution in [3.8, 4) is 5.75 Å². The molecular weight excluding hydrogens is 294 g/mol. The molecule has 2 amide bonds. The number of hydrogen-bond donors (Lipinski definition) is 2. The summed E-state index contributed by atoms with van der Waals surface area (Å²) in [6.45, 7) is 3.86. The SMILES string of the molecule is C=CCNC(=O)c1cccc(C(=O)Nc2cccc(OC)c2)n1. The average Bonchev–Trinajstić information content (AvgIpc) is 2.59. The molecule has 118 valence electrons. The highest BCUT2D eigenvalue weighted by Crippen LogP contribution is 2.17. The molecule has 2 rings (SSSR count). The van der Waals surface area contributed by atoms with Gasteiger partial charge >= 0.3 is 0 Å². The van der Waals surface area contributed by atoms with Crippen molar-refractivity contribution in [3.05, 3.63) is 66.5 Å². The van der Waals surface area contributed by atoms with Crippen LogP contribution >= 0.6 is 0 Å². The second kappa shape index (κ2) is 7.74. The van der Waals surface area contributed by atoms with Gasteiger partial charge in [-0.05, 0) is 24.3 Å². The second-order valence-corrected chi connectivity index (χ2v) is 4.59. The van der Waals surface area contributed by atoms with Gasteiger partial charge in [0.05, 0.1) is 7.11 Å². The molecule has 0 saturated heterocycles. The third-order valence-corrected chi connectivity index (χ3v) is 2.95. The molecule has 6 heteroatoms. The van der Waals surface area contributed by atoms with Crippen LogP contribution in [0.1, 0.15) is 21.0 Å². The van der Waals surface area contributed by atoms with E-state index < -0.39 is 5.91 Å². The Hall–Kier alpha value is -3.15. The minimum Gasteiger partial charge on any atom is -0.497 e. The van der Waals surface area contributed by atoms with E-state index in [0.29, 0.717) is 18.0 Å². The molecule has 0 unspecified atom stereocenters. The Balaban J connectivity index is 2.12. The van der Waals surface area contributed by atoms with E-state index >= 15 is 0 Å². The van der Waals surface area contributed by atoms with E-state index in [1.54, 1.807) is 55.7 Å². The Bertz CT molecular complexity index is 729. The summed E-state index contributed by atoms with van der Waals surface area (Å²) in [6, 6.07) is 11.7. The number of anilines is 1. The Morgan fingerprint density at radius 3 is 2.57 bits per heavy atom. The number of rotatable bonds is 6. The molecule has 1 heterocycles. The first-order valence-electron chi connectivity index (χ1n) is 6.95. The van der Waals surface area contributed by atoms with Crippen LogP contribution in [-0.4, -0.2) is 30.5 Å². The molecule has 1 aromatic heterocycles. The van der Waals surface area contributed by atoms with Gasteiger partial charge in [0.1, 0.15) is 17.1 Å². The van der Waals surface area contributed by atoms with Crippen molar-refractivity contribution >= 4 is 17.5 Å². The first kappa shape index (κ1) is 16.2. The summed E-state index contributed by atoms with van der Waals surface area (Å²) in [5.74, 6) is -0.133. The highest BCUT2D eigenvalue weighted by atomic mass is 16.5. The Morgan fingerprint density at radius 1 is 1.17 bits per heavy atom. The van der Waals surface area contributed by atoms with E-state index in [2.05, 4.69) is 22.2 Å². The van der Waals surface area contributed by atoms with Gasteiger partial charge in [-0.1, -0.05) is 18.2 Å². The summed E-state index contributed by atoms with van der Waals surface area (Å²) < 4.78 is 5.10. The molecule has 0 spiro atoms. The zero-order chi connectivity index (χ0) is 16.7. The van der Waals surface area contributed by atoms with E-state index in [-0.39, 0.29) is 17.3 Å². The van der Waals surface area contributed by atoms with E-state index in [9.17, 15) is 9.59 Å². The van der Waals surface area contributed by atoms with Crippen molar-refractivity contribution in [2.75, 3.05) is 19.0 Å². The molecule has 23 heavy (non-hydrogen) atoms. The van der Waals surface area contributed by atoms with Crippen LogP contribution in [-0.2, 0) is 0 Å². The molecule has 0 fully saturated rings. The van der Waals surface area contributed by atoms with Gasteiger partial charge in [-0.2, -0.15) is 0 Å². The summed E-state index contributed by atoms with van der Waals surface area (Å²) in [5.41, 5.74) is 0.905. The lowest BCUT2D eigenvalue weighted by Gasteiger charge is -2.07. The molecule has 0 aliphatic carbocycles. The van der Waals surface area contributed by atoms with Crippen molar-refractivity contribution in [1.82, 2.24) is 10.3 Å². The third kappa shape index (κ3) is 4.41. The summed E-state index contributed by atoms with van der Waals surface area (Å²) in [5, 5.41) is 5.32. The fraction of sp³-hybridized carbons (Fsp3) is 0.118. The van der Waals surface area contributed by atoms with Crippen LogP contribution in [0.5, 0.6) is 5.75 Å². The minimum absolute atomic E-state index is 0.152. The molecule has 0 saturated carbocycles. The molecule has 6 nitrogen and oxygen atoms in total. The summed E-state index contributed by atoms with van der Waals surface area (Å²) in [4.78, 5) is 28.2. The number of benzene rings is 1. The van der Waals surface area contributed by atoms with E-state index in [0.717, 1.165) is 0 Å².